The maximum absolute atomic E-state index is 2.34. The van der Waals surface area contributed by atoms with E-state index < -0.39 is 0 Å². The zero-order valence-electron chi connectivity index (χ0n) is 36.2. The lowest BCUT2D eigenvalue weighted by atomic mass is 9.88. The van der Waals surface area contributed by atoms with Crippen LogP contribution in [-0.4, -0.2) is 0 Å². The summed E-state index contributed by atoms with van der Waals surface area (Å²) in [6, 6.07) is 69.7. The van der Waals surface area contributed by atoms with Crippen molar-refractivity contribution in [1.29, 1.82) is 0 Å². The normalized spacial score (nSPS) is 11.1. The van der Waals surface area contributed by atoms with Gasteiger partial charge in [0, 0.05) is 0 Å². The highest BCUT2D eigenvalue weighted by Gasteiger charge is 2.13. The van der Waals surface area contributed by atoms with Gasteiger partial charge in [0.15, 0.2) is 0 Å². The SMILES string of the molecule is CCC(C)c1ccccc1-c1ccccc1C.CCCc1cccc(-c2ccccc2-c2ccccc2-c2cccc(C)c2)c1.Cc1ccccc1-c1ccccc1C. The summed E-state index contributed by atoms with van der Waals surface area (Å²) in [5.41, 5.74) is 21.3. The topological polar surface area (TPSA) is 0 Å². The molecule has 8 rings (SSSR count). The first-order valence-corrected chi connectivity index (χ1v) is 21.4. The Balaban J connectivity index is 0.000000161. The molecule has 0 radical (unpaired) electrons. The van der Waals surface area contributed by atoms with Crippen LogP contribution in [0.25, 0.3) is 55.6 Å². The lowest BCUT2D eigenvalue weighted by Crippen LogP contribution is -1.95. The van der Waals surface area contributed by atoms with Gasteiger partial charge in [-0.15, -0.1) is 0 Å². The zero-order valence-corrected chi connectivity index (χ0v) is 36.2. The van der Waals surface area contributed by atoms with Crippen LogP contribution in [0, 0.1) is 27.7 Å². The van der Waals surface area contributed by atoms with Gasteiger partial charge < -0.3 is 0 Å². The van der Waals surface area contributed by atoms with Crippen molar-refractivity contribution in [3.8, 4) is 55.6 Å². The van der Waals surface area contributed by atoms with Crippen molar-refractivity contribution in [3.63, 3.8) is 0 Å². The number of hydrogen-bond acceptors (Lipinski definition) is 0. The van der Waals surface area contributed by atoms with Crippen molar-refractivity contribution < 1.29 is 0 Å². The molecule has 0 amide bonds. The van der Waals surface area contributed by atoms with Gasteiger partial charge in [-0.25, -0.2) is 0 Å². The molecule has 0 saturated carbocycles. The lowest BCUT2D eigenvalue weighted by molar-refractivity contribution is 0.735. The van der Waals surface area contributed by atoms with E-state index in [0.717, 1.165) is 6.42 Å². The molecule has 0 aliphatic rings. The van der Waals surface area contributed by atoms with Crippen LogP contribution < -0.4 is 0 Å². The molecule has 1 unspecified atom stereocenters. The van der Waals surface area contributed by atoms with E-state index in [1.807, 2.05) is 0 Å². The molecule has 1 atom stereocenters. The molecule has 0 heteroatoms. The van der Waals surface area contributed by atoms with Crippen LogP contribution in [0.3, 0.4) is 0 Å². The van der Waals surface area contributed by atoms with E-state index >= 15 is 0 Å². The Morgan fingerprint density at radius 2 is 0.746 bits per heavy atom. The minimum Gasteiger partial charge on any atom is -0.0651 e. The highest BCUT2D eigenvalue weighted by molar-refractivity contribution is 5.91. The predicted molar refractivity (Wildman–Crippen MR) is 258 cm³/mol. The van der Waals surface area contributed by atoms with E-state index in [1.165, 1.54) is 102 Å². The van der Waals surface area contributed by atoms with E-state index in [9.17, 15) is 0 Å². The van der Waals surface area contributed by atoms with E-state index in [1.54, 1.807) is 0 Å². The summed E-state index contributed by atoms with van der Waals surface area (Å²) in [5, 5.41) is 0. The summed E-state index contributed by atoms with van der Waals surface area (Å²) < 4.78 is 0. The van der Waals surface area contributed by atoms with Gasteiger partial charge in [0.05, 0.1) is 0 Å². The summed E-state index contributed by atoms with van der Waals surface area (Å²) in [6.07, 6.45) is 3.47. The third-order valence-corrected chi connectivity index (χ3v) is 11.4. The van der Waals surface area contributed by atoms with Crippen molar-refractivity contribution in [2.45, 2.75) is 73.6 Å². The molecule has 296 valence electrons. The van der Waals surface area contributed by atoms with E-state index in [4.69, 9.17) is 0 Å². The van der Waals surface area contributed by atoms with Gasteiger partial charge in [-0.3, -0.25) is 0 Å². The number of hydrogen-bond donors (Lipinski definition) is 0. The quantitative estimate of drug-likeness (QED) is 0.137. The molecule has 0 aromatic heterocycles. The molecule has 8 aromatic carbocycles. The Hall–Kier alpha value is -6.24. The first-order valence-electron chi connectivity index (χ1n) is 21.4. The van der Waals surface area contributed by atoms with Crippen LogP contribution in [0.5, 0.6) is 0 Å². The molecule has 0 heterocycles. The van der Waals surface area contributed by atoms with Gasteiger partial charge >= 0.3 is 0 Å². The molecule has 0 spiro atoms. The zero-order chi connectivity index (χ0) is 41.6. The summed E-state index contributed by atoms with van der Waals surface area (Å²) in [7, 11) is 0. The van der Waals surface area contributed by atoms with Gasteiger partial charge in [0.2, 0.25) is 0 Å². The minimum atomic E-state index is 0.616. The van der Waals surface area contributed by atoms with Crippen LogP contribution in [0.15, 0.2) is 194 Å². The van der Waals surface area contributed by atoms with Gasteiger partial charge in [-0.05, 0) is 130 Å². The Morgan fingerprint density at radius 3 is 1.20 bits per heavy atom. The molecular weight excluding hydrogens is 709 g/mol. The summed E-state index contributed by atoms with van der Waals surface area (Å²) >= 11 is 0. The molecule has 8 aromatic rings. The Labute approximate surface area is 355 Å². The molecular formula is C59H60. The maximum Gasteiger partial charge on any atom is -0.00992 e. The van der Waals surface area contributed by atoms with Crippen molar-refractivity contribution in [2.24, 2.45) is 0 Å². The number of rotatable bonds is 9. The Kier molecular flexibility index (Phi) is 15.1. The van der Waals surface area contributed by atoms with Gasteiger partial charge in [-0.1, -0.05) is 227 Å². The first kappa shape index (κ1) is 42.4. The first-order chi connectivity index (χ1) is 28.8. The molecule has 0 nitrogen and oxygen atoms in total. The fraction of sp³-hybridized carbons (Fsp3) is 0.186. The van der Waals surface area contributed by atoms with Crippen LogP contribution >= 0.6 is 0 Å². The number of benzene rings is 8. The van der Waals surface area contributed by atoms with Crippen molar-refractivity contribution in [1.82, 2.24) is 0 Å². The predicted octanol–water partition coefficient (Wildman–Crippen LogP) is 17.1. The van der Waals surface area contributed by atoms with E-state index in [-0.39, 0.29) is 0 Å². The summed E-state index contributed by atoms with van der Waals surface area (Å²) in [5.74, 6) is 0.616. The number of aryl methyl sites for hydroxylation is 5. The van der Waals surface area contributed by atoms with Gasteiger partial charge in [0.1, 0.15) is 0 Å². The van der Waals surface area contributed by atoms with E-state index in [0.29, 0.717) is 5.92 Å². The van der Waals surface area contributed by atoms with E-state index in [2.05, 4.69) is 243 Å². The third-order valence-electron chi connectivity index (χ3n) is 11.4. The average molecular weight is 769 g/mol. The highest BCUT2D eigenvalue weighted by Crippen LogP contribution is 2.39. The summed E-state index contributed by atoms with van der Waals surface area (Å²) in [4.78, 5) is 0. The van der Waals surface area contributed by atoms with Gasteiger partial charge in [0.25, 0.3) is 0 Å². The largest absolute Gasteiger partial charge is 0.0651 e. The second-order valence-electron chi connectivity index (χ2n) is 15.8. The Morgan fingerprint density at radius 1 is 0.356 bits per heavy atom. The lowest BCUT2D eigenvalue weighted by Gasteiger charge is -2.16. The monoisotopic (exact) mass is 768 g/mol. The summed E-state index contributed by atoms with van der Waals surface area (Å²) in [6.45, 7) is 15.4. The second-order valence-corrected chi connectivity index (χ2v) is 15.8. The van der Waals surface area contributed by atoms with Crippen LogP contribution in [0.4, 0.5) is 0 Å². The third kappa shape index (κ3) is 10.8. The van der Waals surface area contributed by atoms with Gasteiger partial charge in [-0.2, -0.15) is 0 Å². The maximum atomic E-state index is 2.34. The van der Waals surface area contributed by atoms with Crippen molar-refractivity contribution >= 4 is 0 Å². The molecule has 0 aliphatic heterocycles. The molecule has 0 bridgehead atoms. The van der Waals surface area contributed by atoms with Crippen LogP contribution in [-0.2, 0) is 6.42 Å². The molecule has 0 fully saturated rings. The molecule has 0 aliphatic carbocycles. The smallest absolute Gasteiger partial charge is 0.00992 e. The molecule has 0 N–H and O–H groups in total. The minimum absolute atomic E-state index is 0.616. The standard InChI is InChI=1S/C28H26.C17H20.C14H14/c1-3-10-22-12-9-14-24(20-22)26-16-5-7-18-28(26)27-17-6-4-15-25(27)23-13-8-11-21(2)19-23;1-4-13(2)15-10-7-8-12-17(15)16-11-6-5-9-14(16)3;1-11-7-3-5-9-13(11)14-10-6-4-8-12(14)2/h4-9,11-20H,3,10H2,1-2H3;5-13H,4H2,1-3H3;3-10H,1-2H3. The van der Waals surface area contributed by atoms with Crippen molar-refractivity contribution in [2.75, 3.05) is 0 Å². The van der Waals surface area contributed by atoms with Crippen molar-refractivity contribution in [3.05, 3.63) is 228 Å². The average Bonchev–Trinajstić information content (AvgIpc) is 3.27. The Bertz CT molecular complexity index is 2520. The van der Waals surface area contributed by atoms with Crippen LogP contribution in [0.2, 0.25) is 0 Å². The molecule has 0 saturated heterocycles. The fourth-order valence-electron chi connectivity index (χ4n) is 7.95. The molecule has 59 heavy (non-hydrogen) atoms. The van der Waals surface area contributed by atoms with Crippen LogP contribution in [0.1, 0.15) is 72.9 Å². The fourth-order valence-corrected chi connectivity index (χ4v) is 7.95. The second kappa shape index (κ2) is 21.0. The highest BCUT2D eigenvalue weighted by atomic mass is 14.2.